The Morgan fingerprint density at radius 1 is 1.08 bits per heavy atom. The Morgan fingerprint density at radius 2 is 1.81 bits per heavy atom. The SMILES string of the molecule is COc1ccccc1Nc1c(C(=O)O)cnc2ccc(C(=O)O)cc12.Cl. The fourth-order valence-corrected chi connectivity index (χ4v) is 2.51. The maximum Gasteiger partial charge on any atom is 0.339 e. The van der Waals surface area contributed by atoms with Crippen molar-refractivity contribution >= 4 is 46.6 Å². The number of hydrogen-bond donors (Lipinski definition) is 3. The number of nitrogens with zero attached hydrogens (tertiary/aromatic N) is 1. The summed E-state index contributed by atoms with van der Waals surface area (Å²) in [4.78, 5) is 27.0. The molecule has 0 saturated heterocycles. The standard InChI is InChI=1S/C18H14N2O5.ClH/c1-25-15-5-3-2-4-14(15)20-16-11-8-10(17(21)22)6-7-13(11)19-9-12(16)18(23)24;/h2-9H,1H3,(H,19,20)(H,21,22)(H,23,24);1H. The highest BCUT2D eigenvalue weighted by molar-refractivity contribution is 6.07. The van der Waals surface area contributed by atoms with E-state index in [-0.39, 0.29) is 29.2 Å². The van der Waals surface area contributed by atoms with Gasteiger partial charge in [-0.3, -0.25) is 4.98 Å². The van der Waals surface area contributed by atoms with Crippen LogP contribution < -0.4 is 10.1 Å². The van der Waals surface area contributed by atoms with Crippen LogP contribution >= 0.6 is 12.4 Å². The number of rotatable bonds is 5. The number of carboxylic acids is 2. The summed E-state index contributed by atoms with van der Waals surface area (Å²) in [5, 5.41) is 22.1. The molecule has 0 aliphatic heterocycles. The molecule has 8 heteroatoms. The van der Waals surface area contributed by atoms with Crippen molar-refractivity contribution in [2.75, 3.05) is 12.4 Å². The van der Waals surface area contributed by atoms with Crippen molar-refractivity contribution < 1.29 is 24.5 Å². The van der Waals surface area contributed by atoms with Crippen molar-refractivity contribution in [3.05, 3.63) is 59.8 Å². The number of para-hydroxylation sites is 2. The van der Waals surface area contributed by atoms with Gasteiger partial charge in [0.1, 0.15) is 11.3 Å². The van der Waals surface area contributed by atoms with Gasteiger partial charge in [0.15, 0.2) is 0 Å². The topological polar surface area (TPSA) is 109 Å². The van der Waals surface area contributed by atoms with Crippen LogP contribution in [0.3, 0.4) is 0 Å². The highest BCUT2D eigenvalue weighted by Crippen LogP contribution is 2.33. The Hall–Kier alpha value is -3.32. The first-order valence-corrected chi connectivity index (χ1v) is 7.30. The van der Waals surface area contributed by atoms with Gasteiger partial charge in [-0.1, -0.05) is 12.1 Å². The van der Waals surface area contributed by atoms with Gasteiger partial charge in [-0.15, -0.1) is 12.4 Å². The zero-order valence-corrected chi connectivity index (χ0v) is 14.4. The molecule has 134 valence electrons. The normalized spacial score (nSPS) is 10.0. The third-order valence-electron chi connectivity index (χ3n) is 3.71. The number of aromatic carboxylic acids is 2. The molecule has 0 aliphatic carbocycles. The molecule has 0 radical (unpaired) electrons. The van der Waals surface area contributed by atoms with E-state index in [0.717, 1.165) is 0 Å². The Kier molecular flexibility index (Phi) is 5.64. The lowest BCUT2D eigenvalue weighted by atomic mass is 10.1. The zero-order chi connectivity index (χ0) is 18.0. The van der Waals surface area contributed by atoms with Gasteiger partial charge in [0, 0.05) is 11.6 Å². The Balaban J connectivity index is 0.00000243. The lowest BCUT2D eigenvalue weighted by Gasteiger charge is -2.15. The van der Waals surface area contributed by atoms with Crippen LogP contribution in [0.1, 0.15) is 20.7 Å². The van der Waals surface area contributed by atoms with Crippen molar-refractivity contribution in [1.82, 2.24) is 4.98 Å². The number of methoxy groups -OCH3 is 1. The highest BCUT2D eigenvalue weighted by Gasteiger charge is 2.17. The van der Waals surface area contributed by atoms with Crippen molar-refractivity contribution in [1.29, 1.82) is 0 Å². The van der Waals surface area contributed by atoms with Gasteiger partial charge in [0.25, 0.3) is 0 Å². The summed E-state index contributed by atoms with van der Waals surface area (Å²) in [6.07, 6.45) is 1.24. The first kappa shape index (κ1) is 19.0. The van der Waals surface area contributed by atoms with Gasteiger partial charge >= 0.3 is 11.9 Å². The molecule has 3 N–H and O–H groups in total. The number of benzene rings is 2. The Morgan fingerprint density at radius 3 is 2.46 bits per heavy atom. The van der Waals surface area contributed by atoms with E-state index >= 15 is 0 Å². The van der Waals surface area contributed by atoms with Crippen LogP contribution in [0, 0.1) is 0 Å². The Bertz CT molecular complexity index is 985. The average molecular weight is 375 g/mol. The van der Waals surface area contributed by atoms with E-state index in [0.29, 0.717) is 22.3 Å². The molecule has 26 heavy (non-hydrogen) atoms. The molecule has 0 spiro atoms. The van der Waals surface area contributed by atoms with Gasteiger partial charge in [0.05, 0.1) is 29.6 Å². The molecule has 0 fully saturated rings. The summed E-state index contributed by atoms with van der Waals surface area (Å²) < 4.78 is 5.27. The van der Waals surface area contributed by atoms with E-state index < -0.39 is 11.9 Å². The van der Waals surface area contributed by atoms with Gasteiger partial charge in [-0.05, 0) is 30.3 Å². The fraction of sp³-hybridized carbons (Fsp3) is 0.0556. The first-order chi connectivity index (χ1) is 12.0. The number of aromatic nitrogens is 1. The molecule has 0 atom stereocenters. The molecule has 3 aromatic rings. The Labute approximate surface area is 154 Å². The quantitative estimate of drug-likeness (QED) is 0.623. The summed E-state index contributed by atoms with van der Waals surface area (Å²) in [5.74, 6) is -1.75. The molecule has 0 unspecified atom stereocenters. The number of ether oxygens (including phenoxy) is 1. The molecule has 1 heterocycles. The van der Waals surface area contributed by atoms with E-state index in [1.807, 2.05) is 0 Å². The second-order valence-electron chi connectivity index (χ2n) is 5.21. The third-order valence-corrected chi connectivity index (χ3v) is 3.71. The number of hydrogen-bond acceptors (Lipinski definition) is 5. The van der Waals surface area contributed by atoms with Gasteiger partial charge in [-0.2, -0.15) is 0 Å². The van der Waals surface area contributed by atoms with E-state index in [1.54, 1.807) is 24.3 Å². The lowest BCUT2D eigenvalue weighted by molar-refractivity contribution is 0.0687. The zero-order valence-electron chi connectivity index (χ0n) is 13.6. The van der Waals surface area contributed by atoms with E-state index in [2.05, 4.69) is 10.3 Å². The van der Waals surface area contributed by atoms with Crippen LogP contribution in [-0.2, 0) is 0 Å². The third kappa shape index (κ3) is 3.52. The van der Waals surface area contributed by atoms with Gasteiger partial charge in [0.2, 0.25) is 0 Å². The lowest BCUT2D eigenvalue weighted by Crippen LogP contribution is -2.06. The monoisotopic (exact) mass is 374 g/mol. The van der Waals surface area contributed by atoms with Crippen molar-refractivity contribution in [2.45, 2.75) is 0 Å². The largest absolute Gasteiger partial charge is 0.495 e. The number of nitrogens with one attached hydrogen (secondary N) is 1. The smallest absolute Gasteiger partial charge is 0.339 e. The first-order valence-electron chi connectivity index (χ1n) is 7.30. The summed E-state index contributed by atoms with van der Waals surface area (Å²) in [5.41, 5.74) is 1.26. The van der Waals surface area contributed by atoms with Crippen molar-refractivity contribution in [2.24, 2.45) is 0 Å². The van der Waals surface area contributed by atoms with E-state index in [1.165, 1.54) is 31.5 Å². The second kappa shape index (κ2) is 7.71. The number of halogens is 1. The van der Waals surface area contributed by atoms with Crippen LogP contribution in [-0.4, -0.2) is 34.2 Å². The molecule has 7 nitrogen and oxygen atoms in total. The predicted molar refractivity (Wildman–Crippen MR) is 99.2 cm³/mol. The molecule has 0 aliphatic rings. The van der Waals surface area contributed by atoms with Crippen molar-refractivity contribution in [3.8, 4) is 5.75 Å². The molecule has 2 aromatic carbocycles. The highest BCUT2D eigenvalue weighted by atomic mass is 35.5. The maximum atomic E-state index is 11.6. The minimum Gasteiger partial charge on any atom is -0.495 e. The predicted octanol–water partition coefficient (Wildman–Crippen LogP) is 3.81. The van der Waals surface area contributed by atoms with Gasteiger partial charge in [-0.25, -0.2) is 9.59 Å². The summed E-state index contributed by atoms with van der Waals surface area (Å²) in [6.45, 7) is 0. The van der Waals surface area contributed by atoms with E-state index in [4.69, 9.17) is 4.74 Å². The minimum absolute atomic E-state index is 0. The molecular weight excluding hydrogens is 360 g/mol. The van der Waals surface area contributed by atoms with Crippen LogP contribution in [0.4, 0.5) is 11.4 Å². The van der Waals surface area contributed by atoms with Crippen LogP contribution in [0.25, 0.3) is 10.9 Å². The van der Waals surface area contributed by atoms with Gasteiger partial charge < -0.3 is 20.3 Å². The number of carbonyl (C=O) groups is 2. The van der Waals surface area contributed by atoms with Crippen LogP contribution in [0.15, 0.2) is 48.7 Å². The molecule has 0 bridgehead atoms. The van der Waals surface area contributed by atoms with Crippen LogP contribution in [0.5, 0.6) is 5.75 Å². The minimum atomic E-state index is -1.17. The number of pyridine rings is 1. The number of fused-ring (bicyclic) bond motifs is 1. The molecule has 0 amide bonds. The van der Waals surface area contributed by atoms with E-state index in [9.17, 15) is 19.8 Å². The number of anilines is 2. The molecule has 3 rings (SSSR count). The molecule has 1 aromatic heterocycles. The molecule has 0 saturated carbocycles. The number of carboxylic acid groups (broad SMARTS) is 2. The summed E-state index contributed by atoms with van der Waals surface area (Å²) in [7, 11) is 1.51. The second-order valence-corrected chi connectivity index (χ2v) is 5.21. The maximum absolute atomic E-state index is 11.6. The van der Waals surface area contributed by atoms with Crippen molar-refractivity contribution in [3.63, 3.8) is 0 Å². The summed E-state index contributed by atoms with van der Waals surface area (Å²) >= 11 is 0. The summed E-state index contributed by atoms with van der Waals surface area (Å²) in [6, 6.07) is 11.4. The average Bonchev–Trinajstić information content (AvgIpc) is 2.61. The molecular formula is C18H15ClN2O5. The fourth-order valence-electron chi connectivity index (χ4n) is 2.51. The van der Waals surface area contributed by atoms with Crippen LogP contribution in [0.2, 0.25) is 0 Å².